The Morgan fingerprint density at radius 3 is 2.70 bits per heavy atom. The number of amides is 1. The summed E-state index contributed by atoms with van der Waals surface area (Å²) in [5, 5.41) is 3.27. The number of nitrogens with one attached hydrogen (secondary N) is 1. The smallest absolute Gasteiger partial charge is 0.257 e. The van der Waals surface area contributed by atoms with Crippen LogP contribution in [0.3, 0.4) is 0 Å². The van der Waals surface area contributed by atoms with E-state index in [4.69, 9.17) is 21.1 Å². The van der Waals surface area contributed by atoms with Gasteiger partial charge in [-0.25, -0.2) is 0 Å². The maximum absolute atomic E-state index is 12.8. The molecule has 0 bridgehead atoms. The summed E-state index contributed by atoms with van der Waals surface area (Å²) in [5.74, 6) is 1.30. The van der Waals surface area contributed by atoms with Gasteiger partial charge in [-0.2, -0.15) is 0 Å². The number of pyridine rings is 1. The van der Waals surface area contributed by atoms with Crippen molar-refractivity contribution in [2.24, 2.45) is 5.92 Å². The molecule has 1 atom stereocenters. The summed E-state index contributed by atoms with van der Waals surface area (Å²) in [5.41, 5.74) is 1.94. The highest BCUT2D eigenvalue weighted by Gasteiger charge is 2.19. The number of benzene rings is 1. The molecule has 1 saturated heterocycles. The van der Waals surface area contributed by atoms with Gasteiger partial charge in [0.15, 0.2) is 0 Å². The van der Waals surface area contributed by atoms with Gasteiger partial charge in [-0.3, -0.25) is 9.78 Å². The van der Waals surface area contributed by atoms with Crippen molar-refractivity contribution in [2.75, 3.05) is 37.5 Å². The maximum Gasteiger partial charge on any atom is 0.257 e. The molecule has 1 aromatic carbocycles. The molecule has 1 amide bonds. The molecular formula is C20H24ClN3O3. The summed E-state index contributed by atoms with van der Waals surface area (Å²) in [6.07, 6.45) is 5.76. The molecule has 0 radical (unpaired) electrons. The molecule has 2 heterocycles. The number of aromatic nitrogens is 1. The lowest BCUT2D eigenvalue weighted by Gasteiger charge is -2.32. The minimum Gasteiger partial charge on any atom is -0.495 e. The molecule has 0 aliphatic carbocycles. The molecule has 3 rings (SSSR count). The Labute approximate surface area is 164 Å². The van der Waals surface area contributed by atoms with E-state index in [1.807, 2.05) is 6.07 Å². The SMILES string of the molecule is COc1cc(NC(=O)c2cncc(N3CCCC(C)C3)c2)c(OC)cc1Cl. The van der Waals surface area contributed by atoms with Crippen LogP contribution in [0.1, 0.15) is 30.1 Å². The van der Waals surface area contributed by atoms with Gasteiger partial charge in [0, 0.05) is 31.4 Å². The Hall–Kier alpha value is -2.47. The van der Waals surface area contributed by atoms with E-state index in [0.717, 1.165) is 25.2 Å². The van der Waals surface area contributed by atoms with Crippen LogP contribution in [0.25, 0.3) is 0 Å². The number of carbonyl (C=O) groups excluding carboxylic acids is 1. The average Bonchev–Trinajstić information content (AvgIpc) is 2.69. The first-order valence-electron chi connectivity index (χ1n) is 8.94. The van der Waals surface area contributed by atoms with Crippen LogP contribution < -0.4 is 19.7 Å². The van der Waals surface area contributed by atoms with E-state index >= 15 is 0 Å². The lowest BCUT2D eigenvalue weighted by atomic mass is 10.00. The molecule has 6 nitrogen and oxygen atoms in total. The molecular weight excluding hydrogens is 366 g/mol. The normalized spacial score (nSPS) is 16.7. The molecule has 1 aromatic heterocycles. The lowest BCUT2D eigenvalue weighted by molar-refractivity contribution is 0.102. The van der Waals surface area contributed by atoms with Crippen molar-refractivity contribution in [1.82, 2.24) is 4.98 Å². The van der Waals surface area contributed by atoms with Gasteiger partial charge in [-0.15, -0.1) is 0 Å². The summed E-state index contributed by atoms with van der Waals surface area (Å²) in [4.78, 5) is 19.3. The zero-order valence-electron chi connectivity index (χ0n) is 15.8. The van der Waals surface area contributed by atoms with Crippen LogP contribution in [0.15, 0.2) is 30.6 Å². The molecule has 0 spiro atoms. The summed E-state index contributed by atoms with van der Waals surface area (Å²) in [7, 11) is 3.04. The van der Waals surface area contributed by atoms with E-state index < -0.39 is 0 Å². The third-order valence-corrected chi connectivity index (χ3v) is 5.03. The van der Waals surface area contributed by atoms with E-state index in [2.05, 4.69) is 22.1 Å². The molecule has 27 heavy (non-hydrogen) atoms. The van der Waals surface area contributed by atoms with Crippen molar-refractivity contribution in [3.8, 4) is 11.5 Å². The molecule has 0 saturated carbocycles. The number of carbonyl (C=O) groups is 1. The summed E-state index contributed by atoms with van der Waals surface area (Å²) in [6.45, 7) is 4.21. The molecule has 2 aromatic rings. The van der Waals surface area contributed by atoms with Crippen LogP contribution in [0.4, 0.5) is 11.4 Å². The van der Waals surface area contributed by atoms with Crippen LogP contribution in [0, 0.1) is 5.92 Å². The summed E-state index contributed by atoms with van der Waals surface area (Å²) >= 11 is 6.12. The topological polar surface area (TPSA) is 63.7 Å². The fourth-order valence-corrected chi connectivity index (χ4v) is 3.53. The number of nitrogens with zero attached hydrogens (tertiary/aromatic N) is 2. The third-order valence-electron chi connectivity index (χ3n) is 4.73. The molecule has 7 heteroatoms. The van der Waals surface area contributed by atoms with Crippen LogP contribution in [0.2, 0.25) is 5.02 Å². The predicted molar refractivity (Wildman–Crippen MR) is 107 cm³/mol. The van der Waals surface area contributed by atoms with Crippen molar-refractivity contribution in [3.63, 3.8) is 0 Å². The minimum atomic E-state index is -0.267. The summed E-state index contributed by atoms with van der Waals surface area (Å²) < 4.78 is 10.5. The number of piperidine rings is 1. The van der Waals surface area contributed by atoms with Crippen molar-refractivity contribution in [3.05, 3.63) is 41.2 Å². The zero-order valence-corrected chi connectivity index (χ0v) is 16.5. The second-order valence-electron chi connectivity index (χ2n) is 6.77. The Morgan fingerprint density at radius 2 is 2.00 bits per heavy atom. The second kappa shape index (κ2) is 8.48. The number of halogens is 1. The number of rotatable bonds is 5. The highest BCUT2D eigenvalue weighted by atomic mass is 35.5. The first-order valence-corrected chi connectivity index (χ1v) is 9.32. The van der Waals surface area contributed by atoms with E-state index in [9.17, 15) is 4.79 Å². The number of hydrogen-bond donors (Lipinski definition) is 1. The zero-order chi connectivity index (χ0) is 19.4. The molecule has 1 N–H and O–H groups in total. The van der Waals surface area contributed by atoms with Gasteiger partial charge in [0.05, 0.1) is 42.4 Å². The van der Waals surface area contributed by atoms with Gasteiger partial charge in [0.2, 0.25) is 0 Å². The lowest BCUT2D eigenvalue weighted by Crippen LogP contribution is -2.34. The van der Waals surface area contributed by atoms with E-state index in [1.165, 1.54) is 20.6 Å². The number of anilines is 2. The van der Waals surface area contributed by atoms with Gasteiger partial charge in [0.25, 0.3) is 5.91 Å². The average molecular weight is 390 g/mol. The summed E-state index contributed by atoms with van der Waals surface area (Å²) in [6, 6.07) is 5.13. The van der Waals surface area contributed by atoms with E-state index in [0.29, 0.717) is 33.7 Å². The molecule has 1 aliphatic heterocycles. The fraction of sp³-hybridized carbons (Fsp3) is 0.400. The highest BCUT2D eigenvalue weighted by molar-refractivity contribution is 6.32. The Morgan fingerprint density at radius 1 is 1.22 bits per heavy atom. The fourth-order valence-electron chi connectivity index (χ4n) is 3.30. The Balaban J connectivity index is 1.82. The van der Waals surface area contributed by atoms with Crippen molar-refractivity contribution < 1.29 is 14.3 Å². The predicted octanol–water partition coefficient (Wildman–Crippen LogP) is 4.24. The second-order valence-corrected chi connectivity index (χ2v) is 7.17. The van der Waals surface area contributed by atoms with Crippen LogP contribution >= 0.6 is 11.6 Å². The first-order chi connectivity index (χ1) is 13.0. The van der Waals surface area contributed by atoms with Gasteiger partial charge < -0.3 is 19.7 Å². The van der Waals surface area contributed by atoms with Crippen molar-refractivity contribution >= 4 is 28.9 Å². The molecule has 144 valence electrons. The van der Waals surface area contributed by atoms with Crippen LogP contribution in [-0.2, 0) is 0 Å². The largest absolute Gasteiger partial charge is 0.495 e. The van der Waals surface area contributed by atoms with Crippen molar-refractivity contribution in [2.45, 2.75) is 19.8 Å². The molecule has 1 fully saturated rings. The molecule has 1 unspecified atom stereocenters. The highest BCUT2D eigenvalue weighted by Crippen LogP contribution is 2.36. The number of hydrogen-bond acceptors (Lipinski definition) is 5. The van der Waals surface area contributed by atoms with Crippen LogP contribution in [0.5, 0.6) is 11.5 Å². The number of ether oxygens (including phenoxy) is 2. The van der Waals surface area contributed by atoms with Gasteiger partial charge in [0.1, 0.15) is 11.5 Å². The Kier molecular flexibility index (Phi) is 6.06. The van der Waals surface area contributed by atoms with Crippen molar-refractivity contribution in [1.29, 1.82) is 0 Å². The first kappa shape index (κ1) is 19.3. The Bertz CT molecular complexity index is 828. The quantitative estimate of drug-likeness (QED) is 0.828. The van der Waals surface area contributed by atoms with E-state index in [-0.39, 0.29) is 5.91 Å². The third kappa shape index (κ3) is 4.45. The minimum absolute atomic E-state index is 0.267. The maximum atomic E-state index is 12.8. The van der Waals surface area contributed by atoms with Crippen LogP contribution in [-0.4, -0.2) is 38.2 Å². The van der Waals surface area contributed by atoms with Gasteiger partial charge in [-0.1, -0.05) is 18.5 Å². The molecule has 1 aliphatic rings. The number of methoxy groups -OCH3 is 2. The standard InChI is InChI=1S/C20H24ClN3O3/c1-13-5-4-6-24(12-13)15-7-14(10-22-11-15)20(25)23-17-9-18(26-2)16(21)8-19(17)27-3/h7-11,13H,4-6,12H2,1-3H3,(H,23,25). The monoisotopic (exact) mass is 389 g/mol. The van der Waals surface area contributed by atoms with E-state index in [1.54, 1.807) is 24.5 Å². The van der Waals surface area contributed by atoms with Gasteiger partial charge in [-0.05, 0) is 24.8 Å². The van der Waals surface area contributed by atoms with Gasteiger partial charge >= 0.3 is 0 Å².